The zero-order valence-electron chi connectivity index (χ0n) is 12.9. The van der Waals surface area contributed by atoms with E-state index in [1.807, 2.05) is 39.8 Å². The Bertz CT molecular complexity index is 442. The van der Waals surface area contributed by atoms with Gasteiger partial charge in [-0.1, -0.05) is 17.7 Å². The smallest absolute Gasteiger partial charge is 0.223 e. The van der Waals surface area contributed by atoms with E-state index in [2.05, 4.69) is 11.4 Å². The molecule has 0 aromatic heterocycles. The number of ether oxygens (including phenoxy) is 1. The highest BCUT2D eigenvalue weighted by atomic mass is 16.5. The normalized spacial score (nSPS) is 12.3. The first-order chi connectivity index (χ1) is 9.38. The minimum absolute atomic E-state index is 0.0147. The summed E-state index contributed by atoms with van der Waals surface area (Å²) in [6.07, 6.45) is 1.14. The number of rotatable bonds is 7. The van der Waals surface area contributed by atoms with Crippen molar-refractivity contribution in [3.63, 3.8) is 0 Å². The van der Waals surface area contributed by atoms with Crippen LogP contribution in [0.5, 0.6) is 5.75 Å². The molecule has 0 aliphatic carbocycles. The molecule has 0 saturated heterocycles. The van der Waals surface area contributed by atoms with Gasteiger partial charge >= 0.3 is 0 Å². The zero-order chi connectivity index (χ0) is 15.1. The molecule has 1 atom stereocenters. The van der Waals surface area contributed by atoms with Gasteiger partial charge < -0.3 is 15.8 Å². The van der Waals surface area contributed by atoms with E-state index in [1.165, 1.54) is 5.56 Å². The topological polar surface area (TPSA) is 64.3 Å². The van der Waals surface area contributed by atoms with Crippen LogP contribution in [-0.2, 0) is 11.2 Å². The summed E-state index contributed by atoms with van der Waals surface area (Å²) in [6.45, 7) is 8.29. The lowest BCUT2D eigenvalue weighted by atomic mass is 10.0. The molecule has 1 aromatic rings. The van der Waals surface area contributed by atoms with Crippen molar-refractivity contribution < 1.29 is 9.53 Å². The van der Waals surface area contributed by atoms with Crippen LogP contribution in [0.2, 0.25) is 0 Å². The van der Waals surface area contributed by atoms with Gasteiger partial charge in [0, 0.05) is 12.1 Å². The van der Waals surface area contributed by atoms with Gasteiger partial charge in [0.2, 0.25) is 5.91 Å². The number of benzene rings is 1. The van der Waals surface area contributed by atoms with E-state index in [1.54, 1.807) is 0 Å². The molecule has 0 spiro atoms. The fraction of sp³-hybridized carbons (Fsp3) is 0.562. The van der Waals surface area contributed by atoms with Gasteiger partial charge in [-0.05, 0) is 45.7 Å². The third-order valence-corrected chi connectivity index (χ3v) is 2.79. The Morgan fingerprint density at radius 3 is 2.65 bits per heavy atom. The summed E-state index contributed by atoms with van der Waals surface area (Å²) in [5.74, 6) is 0.839. The lowest BCUT2D eigenvalue weighted by molar-refractivity contribution is -0.122. The molecule has 0 radical (unpaired) electrons. The monoisotopic (exact) mass is 278 g/mol. The Morgan fingerprint density at radius 2 is 2.05 bits per heavy atom. The van der Waals surface area contributed by atoms with Gasteiger partial charge in [0.25, 0.3) is 0 Å². The first-order valence-corrected chi connectivity index (χ1v) is 7.15. The Balaban J connectivity index is 2.56. The number of aryl methyl sites for hydroxylation is 1. The molecule has 3 N–H and O–H groups in total. The number of hydrogen-bond acceptors (Lipinski definition) is 3. The zero-order valence-corrected chi connectivity index (χ0v) is 12.9. The predicted octanol–water partition coefficient (Wildman–Crippen LogP) is 2.18. The minimum Gasteiger partial charge on any atom is -0.493 e. The molecular weight excluding hydrogens is 252 g/mol. The fourth-order valence-electron chi connectivity index (χ4n) is 2.00. The third-order valence-electron chi connectivity index (χ3n) is 2.79. The van der Waals surface area contributed by atoms with E-state index in [-0.39, 0.29) is 18.0 Å². The van der Waals surface area contributed by atoms with Crippen molar-refractivity contribution in [3.05, 3.63) is 29.3 Å². The summed E-state index contributed by atoms with van der Waals surface area (Å²) >= 11 is 0. The lowest BCUT2D eigenvalue weighted by Gasteiger charge is -2.14. The van der Waals surface area contributed by atoms with Gasteiger partial charge in [0.1, 0.15) is 5.75 Å². The fourth-order valence-corrected chi connectivity index (χ4v) is 2.00. The highest BCUT2D eigenvalue weighted by Crippen LogP contribution is 2.21. The van der Waals surface area contributed by atoms with E-state index < -0.39 is 0 Å². The van der Waals surface area contributed by atoms with Gasteiger partial charge in [-0.25, -0.2) is 0 Å². The average Bonchev–Trinajstić information content (AvgIpc) is 2.30. The summed E-state index contributed by atoms with van der Waals surface area (Å²) in [6, 6.07) is 6.30. The molecule has 112 valence electrons. The third kappa shape index (κ3) is 6.06. The molecule has 0 aliphatic rings. The number of carbonyl (C=O) groups is 1. The van der Waals surface area contributed by atoms with E-state index in [0.29, 0.717) is 13.0 Å². The molecular formula is C16H26N2O2. The molecule has 4 nitrogen and oxygen atoms in total. The first-order valence-electron chi connectivity index (χ1n) is 7.15. The van der Waals surface area contributed by atoms with E-state index in [0.717, 1.165) is 17.7 Å². The van der Waals surface area contributed by atoms with Crippen LogP contribution in [0.1, 0.15) is 38.3 Å². The Morgan fingerprint density at radius 1 is 1.35 bits per heavy atom. The van der Waals surface area contributed by atoms with Crippen LogP contribution >= 0.6 is 0 Å². The second-order valence-corrected chi connectivity index (χ2v) is 5.61. The van der Waals surface area contributed by atoms with Crippen molar-refractivity contribution in [2.24, 2.45) is 5.73 Å². The van der Waals surface area contributed by atoms with Crippen LogP contribution in [-0.4, -0.2) is 24.6 Å². The minimum atomic E-state index is 0.0147. The standard InChI is InChI=1S/C16H26N2O2/c1-11(2)18-16(19)7-8-20-15-6-5-12(3)9-14(15)10-13(4)17/h5-6,9,11,13H,7-8,10,17H2,1-4H3,(H,18,19). The van der Waals surface area contributed by atoms with Crippen molar-refractivity contribution in [3.8, 4) is 5.75 Å². The van der Waals surface area contributed by atoms with Crippen LogP contribution in [0, 0.1) is 6.92 Å². The number of nitrogens with one attached hydrogen (secondary N) is 1. The van der Waals surface area contributed by atoms with Crippen molar-refractivity contribution in [1.29, 1.82) is 0 Å². The molecule has 0 heterocycles. The van der Waals surface area contributed by atoms with Crippen molar-refractivity contribution in [2.75, 3.05) is 6.61 Å². The van der Waals surface area contributed by atoms with Crippen molar-refractivity contribution >= 4 is 5.91 Å². The van der Waals surface area contributed by atoms with Crippen LogP contribution in [0.3, 0.4) is 0 Å². The van der Waals surface area contributed by atoms with Gasteiger partial charge in [-0.15, -0.1) is 0 Å². The van der Waals surface area contributed by atoms with E-state index in [4.69, 9.17) is 10.5 Å². The Kier molecular flexibility index (Phi) is 6.52. The number of amides is 1. The summed E-state index contributed by atoms with van der Waals surface area (Å²) < 4.78 is 5.73. The molecule has 1 amide bonds. The van der Waals surface area contributed by atoms with E-state index in [9.17, 15) is 4.79 Å². The number of carbonyl (C=O) groups excluding carboxylic acids is 1. The predicted molar refractivity (Wildman–Crippen MR) is 81.9 cm³/mol. The van der Waals surface area contributed by atoms with Crippen LogP contribution in [0.25, 0.3) is 0 Å². The summed E-state index contributed by atoms with van der Waals surface area (Å²) in [4.78, 5) is 11.5. The summed E-state index contributed by atoms with van der Waals surface area (Å²) in [7, 11) is 0. The largest absolute Gasteiger partial charge is 0.493 e. The van der Waals surface area contributed by atoms with Gasteiger partial charge in [-0.2, -0.15) is 0 Å². The highest BCUT2D eigenvalue weighted by Gasteiger charge is 2.08. The SMILES string of the molecule is Cc1ccc(OCCC(=O)NC(C)C)c(CC(C)N)c1. The summed E-state index contributed by atoms with van der Waals surface area (Å²) in [5, 5.41) is 2.85. The number of nitrogens with two attached hydrogens (primary N) is 1. The second kappa shape index (κ2) is 7.90. The van der Waals surface area contributed by atoms with E-state index >= 15 is 0 Å². The molecule has 1 unspecified atom stereocenters. The molecule has 0 bridgehead atoms. The van der Waals surface area contributed by atoms with Gasteiger partial charge in [0.15, 0.2) is 0 Å². The average molecular weight is 278 g/mol. The van der Waals surface area contributed by atoms with Crippen LogP contribution < -0.4 is 15.8 Å². The van der Waals surface area contributed by atoms with Gasteiger partial charge in [-0.3, -0.25) is 4.79 Å². The van der Waals surface area contributed by atoms with Crippen molar-refractivity contribution in [1.82, 2.24) is 5.32 Å². The maximum Gasteiger partial charge on any atom is 0.223 e. The van der Waals surface area contributed by atoms with Crippen molar-refractivity contribution in [2.45, 2.75) is 52.6 Å². The Hall–Kier alpha value is -1.55. The summed E-state index contributed by atoms with van der Waals surface area (Å²) in [5.41, 5.74) is 8.14. The van der Waals surface area contributed by atoms with Gasteiger partial charge in [0.05, 0.1) is 13.0 Å². The first kappa shape index (κ1) is 16.5. The molecule has 0 aliphatic heterocycles. The highest BCUT2D eigenvalue weighted by molar-refractivity contribution is 5.76. The molecule has 1 rings (SSSR count). The molecule has 20 heavy (non-hydrogen) atoms. The van der Waals surface area contributed by atoms with Crippen LogP contribution in [0.4, 0.5) is 0 Å². The maximum absolute atomic E-state index is 11.5. The molecule has 4 heteroatoms. The second-order valence-electron chi connectivity index (χ2n) is 5.61. The molecule has 1 aromatic carbocycles. The number of hydrogen-bond donors (Lipinski definition) is 2. The molecule has 0 fully saturated rings. The van der Waals surface area contributed by atoms with Crippen LogP contribution in [0.15, 0.2) is 18.2 Å². The lowest BCUT2D eigenvalue weighted by Crippen LogP contribution is -2.31. The Labute approximate surface area is 121 Å². The quantitative estimate of drug-likeness (QED) is 0.803. The molecule has 0 saturated carbocycles. The maximum atomic E-state index is 11.5.